The molecule has 0 spiro atoms. The zero-order valence-electron chi connectivity index (χ0n) is 25.2. The number of imidazole rings is 2. The molecular weight excluding hydrogens is 576 g/mol. The van der Waals surface area contributed by atoms with E-state index >= 15 is 0 Å². The summed E-state index contributed by atoms with van der Waals surface area (Å²) in [7, 11) is 0. The fourth-order valence-electron chi connectivity index (χ4n) is 7.08. The van der Waals surface area contributed by atoms with Crippen LogP contribution in [0.1, 0.15) is 0 Å². The molecule has 0 unspecified atom stereocenters. The topological polar surface area (TPSA) is 43.8 Å². The highest BCUT2D eigenvalue weighted by molar-refractivity contribution is 6.14. The minimum atomic E-state index is 0.757. The molecule has 4 aromatic heterocycles. The molecule has 4 heterocycles. The molecule has 0 amide bonds. The van der Waals surface area contributed by atoms with Gasteiger partial charge in [-0.1, -0.05) is 78.9 Å². The van der Waals surface area contributed by atoms with Crippen molar-refractivity contribution in [2.24, 2.45) is 0 Å². The van der Waals surface area contributed by atoms with Crippen LogP contribution in [0.15, 0.2) is 158 Å². The van der Waals surface area contributed by atoms with Gasteiger partial charge in [0.05, 0.1) is 11.0 Å². The lowest BCUT2D eigenvalue weighted by molar-refractivity contribution is 0.484. The smallest absolute Gasteiger partial charge is 0.145 e. The first-order valence-corrected chi connectivity index (χ1v) is 15.7. The molecule has 0 fully saturated rings. The molecule has 0 saturated heterocycles. The van der Waals surface area contributed by atoms with Gasteiger partial charge in [0.25, 0.3) is 0 Å². The largest absolute Gasteiger partial charge is 0.457 e. The molecule has 10 rings (SSSR count). The third-order valence-electron chi connectivity index (χ3n) is 9.29. The van der Waals surface area contributed by atoms with E-state index in [4.69, 9.17) is 14.7 Å². The van der Waals surface area contributed by atoms with Crippen molar-refractivity contribution in [2.75, 3.05) is 0 Å². The normalized spacial score (nSPS) is 11.8. The second kappa shape index (κ2) is 10.0. The fourth-order valence-corrected chi connectivity index (χ4v) is 7.08. The van der Waals surface area contributed by atoms with Crippen LogP contribution in [-0.4, -0.2) is 18.8 Å². The summed E-state index contributed by atoms with van der Waals surface area (Å²) in [5.41, 5.74) is 8.81. The van der Waals surface area contributed by atoms with Crippen molar-refractivity contribution in [2.45, 2.75) is 0 Å². The van der Waals surface area contributed by atoms with Crippen molar-refractivity contribution in [3.63, 3.8) is 0 Å². The third kappa shape index (κ3) is 4.03. The quantitative estimate of drug-likeness (QED) is 0.188. The SMILES string of the molecule is c1ccc(-c2ccc3c(c2)c2ccc(Oc4ccc5c6ccc(-c7ccccc7)cc6n6ccnc6c5c4)cc2c2nccn32)cc1. The van der Waals surface area contributed by atoms with Gasteiger partial charge < -0.3 is 4.74 Å². The molecule has 5 heteroatoms. The maximum atomic E-state index is 6.57. The Morgan fingerprint density at radius 3 is 1.55 bits per heavy atom. The Labute approximate surface area is 269 Å². The third-order valence-corrected chi connectivity index (χ3v) is 9.29. The zero-order valence-corrected chi connectivity index (χ0v) is 25.2. The van der Waals surface area contributed by atoms with E-state index in [0.717, 1.165) is 55.4 Å². The Morgan fingerprint density at radius 2 is 0.915 bits per heavy atom. The van der Waals surface area contributed by atoms with Gasteiger partial charge in [-0.25, -0.2) is 9.97 Å². The molecule has 0 radical (unpaired) electrons. The lowest BCUT2D eigenvalue weighted by Crippen LogP contribution is -1.93. The average molecular weight is 603 g/mol. The number of aromatic nitrogens is 4. The second-order valence-corrected chi connectivity index (χ2v) is 12.0. The summed E-state index contributed by atoms with van der Waals surface area (Å²) in [6.07, 6.45) is 7.79. The molecule has 220 valence electrons. The Bertz CT molecular complexity index is 2820. The highest BCUT2D eigenvalue weighted by atomic mass is 16.5. The number of ether oxygens (including phenoxy) is 1. The molecular formula is C42H26N4O. The molecule has 0 N–H and O–H groups in total. The molecule has 6 aromatic carbocycles. The van der Waals surface area contributed by atoms with Crippen molar-refractivity contribution in [1.82, 2.24) is 18.8 Å². The lowest BCUT2D eigenvalue weighted by atomic mass is 9.99. The summed E-state index contributed by atoms with van der Waals surface area (Å²) < 4.78 is 10.9. The summed E-state index contributed by atoms with van der Waals surface area (Å²) in [5, 5.41) is 6.72. The number of nitrogens with zero attached hydrogens (tertiary/aromatic N) is 4. The Morgan fingerprint density at radius 1 is 0.383 bits per heavy atom. The second-order valence-electron chi connectivity index (χ2n) is 12.0. The van der Waals surface area contributed by atoms with E-state index in [9.17, 15) is 0 Å². The monoisotopic (exact) mass is 602 g/mol. The van der Waals surface area contributed by atoms with Crippen molar-refractivity contribution >= 4 is 54.6 Å². The van der Waals surface area contributed by atoms with Crippen molar-refractivity contribution in [1.29, 1.82) is 0 Å². The molecule has 10 aromatic rings. The number of benzene rings is 6. The van der Waals surface area contributed by atoms with E-state index in [0.29, 0.717) is 0 Å². The van der Waals surface area contributed by atoms with E-state index in [1.165, 1.54) is 33.0 Å². The Hall–Kier alpha value is -6.46. The van der Waals surface area contributed by atoms with E-state index < -0.39 is 0 Å². The number of hydrogen-bond acceptors (Lipinski definition) is 3. The predicted molar refractivity (Wildman–Crippen MR) is 191 cm³/mol. The Balaban J connectivity index is 1.09. The average Bonchev–Trinajstić information content (AvgIpc) is 3.84. The highest BCUT2D eigenvalue weighted by Gasteiger charge is 2.15. The van der Waals surface area contributed by atoms with Crippen LogP contribution in [0.2, 0.25) is 0 Å². The molecule has 0 bridgehead atoms. The molecule has 0 aliphatic carbocycles. The molecule has 0 aliphatic rings. The minimum absolute atomic E-state index is 0.757. The lowest BCUT2D eigenvalue weighted by Gasteiger charge is -2.14. The summed E-state index contributed by atoms with van der Waals surface area (Å²) in [4.78, 5) is 9.52. The van der Waals surface area contributed by atoms with Crippen LogP contribution < -0.4 is 4.74 Å². The van der Waals surface area contributed by atoms with Gasteiger partial charge in [0.15, 0.2) is 0 Å². The summed E-state index contributed by atoms with van der Waals surface area (Å²) >= 11 is 0. The minimum Gasteiger partial charge on any atom is -0.457 e. The van der Waals surface area contributed by atoms with E-state index in [2.05, 4.69) is 124 Å². The van der Waals surface area contributed by atoms with Crippen LogP contribution in [0.3, 0.4) is 0 Å². The van der Waals surface area contributed by atoms with Gasteiger partial charge in [-0.2, -0.15) is 0 Å². The van der Waals surface area contributed by atoms with E-state index in [1.54, 1.807) is 0 Å². The van der Waals surface area contributed by atoms with Crippen LogP contribution in [0, 0.1) is 0 Å². The first-order valence-electron chi connectivity index (χ1n) is 15.7. The van der Waals surface area contributed by atoms with Gasteiger partial charge in [-0.15, -0.1) is 0 Å². The number of fused-ring (bicyclic) bond motifs is 12. The fraction of sp³-hybridized carbons (Fsp3) is 0. The zero-order chi connectivity index (χ0) is 30.9. The molecule has 5 nitrogen and oxygen atoms in total. The van der Waals surface area contributed by atoms with Crippen LogP contribution in [-0.2, 0) is 0 Å². The first-order chi connectivity index (χ1) is 23.3. The van der Waals surface area contributed by atoms with Gasteiger partial charge in [0.2, 0.25) is 0 Å². The number of pyridine rings is 2. The van der Waals surface area contributed by atoms with Crippen LogP contribution in [0.4, 0.5) is 0 Å². The van der Waals surface area contributed by atoms with Gasteiger partial charge >= 0.3 is 0 Å². The van der Waals surface area contributed by atoms with Crippen LogP contribution in [0.25, 0.3) is 76.9 Å². The van der Waals surface area contributed by atoms with Crippen molar-refractivity contribution in [3.8, 4) is 33.8 Å². The number of hydrogen-bond donors (Lipinski definition) is 0. The van der Waals surface area contributed by atoms with Crippen LogP contribution >= 0.6 is 0 Å². The van der Waals surface area contributed by atoms with Crippen molar-refractivity contribution < 1.29 is 4.74 Å². The highest BCUT2D eigenvalue weighted by Crippen LogP contribution is 2.38. The molecule has 0 saturated carbocycles. The Kier molecular flexibility index (Phi) is 5.51. The summed E-state index contributed by atoms with van der Waals surface area (Å²) in [6, 6.07) is 46.9. The standard InChI is InChI=1S/C42H26N4O/c1-3-7-27(8-4-1)29-12-18-39-36(23-29)34-17-14-32(26-38(34)41-43-19-21-45(39)41)47-31-13-16-33-35-15-11-30(28-9-5-2-6-10-28)24-40(35)46-22-20-44-42(46)37(33)25-31/h1-26H. The number of rotatable bonds is 4. The molecule has 47 heavy (non-hydrogen) atoms. The van der Waals surface area contributed by atoms with Crippen molar-refractivity contribution in [3.05, 3.63) is 158 Å². The van der Waals surface area contributed by atoms with Crippen LogP contribution in [0.5, 0.6) is 11.5 Å². The van der Waals surface area contributed by atoms with Gasteiger partial charge in [0, 0.05) is 46.3 Å². The van der Waals surface area contributed by atoms with E-state index in [1.807, 2.05) is 43.0 Å². The van der Waals surface area contributed by atoms with Gasteiger partial charge in [-0.3, -0.25) is 8.80 Å². The van der Waals surface area contributed by atoms with Gasteiger partial charge in [0.1, 0.15) is 22.8 Å². The van der Waals surface area contributed by atoms with E-state index in [-0.39, 0.29) is 0 Å². The first kappa shape index (κ1) is 25.8. The maximum absolute atomic E-state index is 6.57. The summed E-state index contributed by atoms with van der Waals surface area (Å²) in [6.45, 7) is 0. The maximum Gasteiger partial charge on any atom is 0.145 e. The molecule has 0 atom stereocenters. The predicted octanol–water partition coefficient (Wildman–Crippen LogP) is 10.7. The summed E-state index contributed by atoms with van der Waals surface area (Å²) in [5.74, 6) is 1.52. The van der Waals surface area contributed by atoms with Gasteiger partial charge in [-0.05, 0) is 87.6 Å². The molecule has 0 aliphatic heterocycles.